The summed E-state index contributed by atoms with van der Waals surface area (Å²) in [7, 11) is 0. The minimum atomic E-state index is -1.18. The lowest BCUT2D eigenvalue weighted by atomic mass is 9.96. The van der Waals surface area contributed by atoms with Crippen LogP contribution >= 0.6 is 0 Å². The van der Waals surface area contributed by atoms with Gasteiger partial charge in [-0.15, -0.1) is 0 Å². The van der Waals surface area contributed by atoms with Gasteiger partial charge in [0.05, 0.1) is 16.6 Å². The summed E-state index contributed by atoms with van der Waals surface area (Å²) < 4.78 is 5.22. The smallest absolute Gasteiger partial charge is 0.329 e. The van der Waals surface area contributed by atoms with Gasteiger partial charge in [0.15, 0.2) is 0 Å². The van der Waals surface area contributed by atoms with Crippen molar-refractivity contribution in [3.63, 3.8) is 0 Å². The molecule has 0 radical (unpaired) electrons. The van der Waals surface area contributed by atoms with Crippen molar-refractivity contribution in [3.05, 3.63) is 23.0 Å². The molecule has 1 aliphatic carbocycles. The van der Waals surface area contributed by atoms with Gasteiger partial charge in [0.2, 0.25) is 0 Å². The number of hydrogen-bond acceptors (Lipinski definition) is 5. The van der Waals surface area contributed by atoms with Crippen LogP contribution < -0.4 is 5.32 Å². The maximum Gasteiger partial charge on any atom is 0.329 e. The number of carbonyl (C=O) groups excluding carboxylic acids is 1. The van der Waals surface area contributed by atoms with Crippen LogP contribution in [0.15, 0.2) is 10.6 Å². The van der Waals surface area contributed by atoms with Crippen LogP contribution in [0.2, 0.25) is 0 Å². The molecule has 0 spiro atoms. The molecule has 0 bridgehead atoms. The van der Waals surface area contributed by atoms with E-state index in [9.17, 15) is 14.7 Å². The number of aromatic nitrogens is 2. The molecule has 128 valence electrons. The van der Waals surface area contributed by atoms with Gasteiger partial charge in [0, 0.05) is 5.69 Å². The highest BCUT2D eigenvalue weighted by molar-refractivity contribution is 6.07. The molecule has 1 aliphatic rings. The Morgan fingerprint density at radius 1 is 1.33 bits per heavy atom. The number of carboxylic acids is 1. The van der Waals surface area contributed by atoms with Gasteiger partial charge in [0.1, 0.15) is 5.54 Å². The zero-order valence-corrected chi connectivity index (χ0v) is 14.0. The van der Waals surface area contributed by atoms with Crippen molar-refractivity contribution < 1.29 is 19.2 Å². The van der Waals surface area contributed by atoms with Gasteiger partial charge in [0.25, 0.3) is 11.6 Å². The second-order valence-corrected chi connectivity index (χ2v) is 6.75. The minimum Gasteiger partial charge on any atom is -0.480 e. The molecule has 3 rings (SSSR count). The lowest BCUT2D eigenvalue weighted by molar-refractivity contribution is -0.144. The molecule has 2 N–H and O–H groups in total. The molecule has 7 heteroatoms. The Kier molecular flexibility index (Phi) is 4.03. The number of carbonyl (C=O) groups is 2. The van der Waals surface area contributed by atoms with E-state index in [1.54, 1.807) is 13.0 Å². The molecule has 0 atom stereocenters. The fourth-order valence-electron chi connectivity index (χ4n) is 3.24. The number of nitrogens with one attached hydrogen (secondary N) is 1. The Labute approximate surface area is 139 Å². The number of carboxylic acid groups (broad SMARTS) is 1. The van der Waals surface area contributed by atoms with Crippen LogP contribution in [0.3, 0.4) is 0 Å². The number of pyridine rings is 1. The van der Waals surface area contributed by atoms with Gasteiger partial charge in [-0.25, -0.2) is 9.78 Å². The largest absolute Gasteiger partial charge is 0.480 e. The average Bonchev–Trinajstić information content (AvgIpc) is 3.14. The van der Waals surface area contributed by atoms with E-state index in [4.69, 9.17) is 4.52 Å². The monoisotopic (exact) mass is 331 g/mol. The highest BCUT2D eigenvalue weighted by Gasteiger charge is 2.43. The Morgan fingerprint density at radius 2 is 2.00 bits per heavy atom. The zero-order valence-electron chi connectivity index (χ0n) is 14.0. The molecule has 0 unspecified atom stereocenters. The standard InChI is InChI=1S/C17H21N3O4/c1-9(2)12-8-11(13-10(3)20-24-15(13)18-12)14(21)19-17(16(22)23)6-4-5-7-17/h8-9H,4-7H2,1-3H3,(H,19,21)(H,22,23). The molecule has 2 aromatic heterocycles. The zero-order chi connectivity index (χ0) is 17.5. The lowest BCUT2D eigenvalue weighted by Gasteiger charge is -2.25. The number of fused-ring (bicyclic) bond motifs is 1. The SMILES string of the molecule is Cc1noc2nc(C(C)C)cc(C(=O)NC3(C(=O)O)CCCC3)c12. The first-order valence-corrected chi connectivity index (χ1v) is 8.17. The van der Waals surface area contributed by atoms with Gasteiger partial charge in [-0.3, -0.25) is 4.79 Å². The maximum absolute atomic E-state index is 12.9. The van der Waals surface area contributed by atoms with Gasteiger partial charge >= 0.3 is 5.97 Å². The second-order valence-electron chi connectivity index (χ2n) is 6.75. The highest BCUT2D eigenvalue weighted by atomic mass is 16.5. The number of amides is 1. The average molecular weight is 331 g/mol. The Morgan fingerprint density at radius 3 is 2.58 bits per heavy atom. The molecule has 1 saturated carbocycles. The molecule has 1 amide bonds. The van der Waals surface area contributed by atoms with Gasteiger partial charge in [-0.2, -0.15) is 0 Å². The Hall–Kier alpha value is -2.44. The van der Waals surface area contributed by atoms with E-state index in [1.165, 1.54) is 0 Å². The summed E-state index contributed by atoms with van der Waals surface area (Å²) in [6.07, 6.45) is 2.48. The fourth-order valence-corrected chi connectivity index (χ4v) is 3.24. The number of nitrogens with zero attached hydrogens (tertiary/aromatic N) is 2. The molecule has 7 nitrogen and oxygen atoms in total. The van der Waals surface area contributed by atoms with Gasteiger partial charge in [-0.05, 0) is 31.7 Å². The highest BCUT2D eigenvalue weighted by Crippen LogP contribution is 2.31. The summed E-state index contributed by atoms with van der Waals surface area (Å²) in [5.74, 6) is -1.30. The number of rotatable bonds is 4. The molecular formula is C17H21N3O4. The topological polar surface area (TPSA) is 105 Å². The van der Waals surface area contributed by atoms with Crippen LogP contribution in [0.5, 0.6) is 0 Å². The number of aryl methyl sites for hydroxylation is 1. The maximum atomic E-state index is 12.9. The van der Waals surface area contributed by atoms with E-state index in [2.05, 4.69) is 15.5 Å². The van der Waals surface area contributed by atoms with Gasteiger partial charge in [-0.1, -0.05) is 31.8 Å². The van der Waals surface area contributed by atoms with Crippen molar-refractivity contribution in [1.82, 2.24) is 15.5 Å². The van der Waals surface area contributed by atoms with Crippen molar-refractivity contribution in [2.45, 2.75) is 57.9 Å². The molecule has 2 aromatic rings. The third-order valence-electron chi connectivity index (χ3n) is 4.69. The summed E-state index contributed by atoms with van der Waals surface area (Å²) in [5, 5.41) is 16.7. The quantitative estimate of drug-likeness (QED) is 0.892. The summed E-state index contributed by atoms with van der Waals surface area (Å²) in [5.41, 5.74) is 0.762. The summed E-state index contributed by atoms with van der Waals surface area (Å²) in [6.45, 7) is 5.67. The van der Waals surface area contributed by atoms with E-state index in [0.717, 1.165) is 12.8 Å². The molecule has 1 fully saturated rings. The second kappa shape index (κ2) is 5.89. The Bertz CT molecular complexity index is 804. The molecule has 24 heavy (non-hydrogen) atoms. The molecule has 0 aromatic carbocycles. The van der Waals surface area contributed by atoms with E-state index >= 15 is 0 Å². The Balaban J connectivity index is 2.05. The molecule has 2 heterocycles. The summed E-state index contributed by atoms with van der Waals surface area (Å²) >= 11 is 0. The van der Waals surface area contributed by atoms with E-state index < -0.39 is 17.4 Å². The van der Waals surface area contributed by atoms with Crippen LogP contribution in [0.4, 0.5) is 0 Å². The normalized spacial score (nSPS) is 16.7. The first-order chi connectivity index (χ1) is 11.3. The van der Waals surface area contributed by atoms with Crippen molar-refractivity contribution in [1.29, 1.82) is 0 Å². The van der Waals surface area contributed by atoms with Crippen molar-refractivity contribution in [2.24, 2.45) is 0 Å². The van der Waals surface area contributed by atoms with E-state index in [1.807, 2.05) is 13.8 Å². The van der Waals surface area contributed by atoms with Crippen LogP contribution in [0.1, 0.15) is 67.2 Å². The molecule has 0 aliphatic heterocycles. The third kappa shape index (κ3) is 2.64. The van der Waals surface area contributed by atoms with Crippen molar-refractivity contribution in [3.8, 4) is 0 Å². The fraction of sp³-hybridized carbons (Fsp3) is 0.529. The van der Waals surface area contributed by atoms with Crippen LogP contribution in [0.25, 0.3) is 11.1 Å². The van der Waals surface area contributed by atoms with Crippen molar-refractivity contribution in [2.75, 3.05) is 0 Å². The molecular weight excluding hydrogens is 310 g/mol. The predicted molar refractivity (Wildman–Crippen MR) is 86.9 cm³/mol. The van der Waals surface area contributed by atoms with E-state index in [0.29, 0.717) is 40.9 Å². The number of hydrogen-bond donors (Lipinski definition) is 2. The summed E-state index contributed by atoms with van der Waals surface area (Å²) in [4.78, 5) is 29.0. The number of aliphatic carboxylic acids is 1. The molecule has 0 saturated heterocycles. The van der Waals surface area contributed by atoms with Crippen LogP contribution in [-0.2, 0) is 4.79 Å². The van der Waals surface area contributed by atoms with Crippen molar-refractivity contribution >= 4 is 23.0 Å². The van der Waals surface area contributed by atoms with Crippen LogP contribution in [0, 0.1) is 6.92 Å². The van der Waals surface area contributed by atoms with Gasteiger partial charge < -0.3 is 14.9 Å². The first kappa shape index (κ1) is 16.4. The predicted octanol–water partition coefficient (Wildman–Crippen LogP) is 2.78. The lowest BCUT2D eigenvalue weighted by Crippen LogP contribution is -2.52. The summed E-state index contributed by atoms with van der Waals surface area (Å²) in [6, 6.07) is 1.71. The minimum absolute atomic E-state index is 0.103. The third-order valence-corrected chi connectivity index (χ3v) is 4.69. The van der Waals surface area contributed by atoms with E-state index in [-0.39, 0.29) is 5.92 Å². The first-order valence-electron chi connectivity index (χ1n) is 8.17. The van der Waals surface area contributed by atoms with Crippen LogP contribution in [-0.4, -0.2) is 32.7 Å².